The molecule has 110 valence electrons. The second-order valence-corrected chi connectivity index (χ2v) is 8.25. The molecule has 2 heterocycles. The predicted molar refractivity (Wildman–Crippen MR) is 92.0 cm³/mol. The van der Waals surface area contributed by atoms with Gasteiger partial charge in [0.1, 0.15) is 5.82 Å². The molecule has 0 bridgehead atoms. The quantitative estimate of drug-likeness (QED) is 0.916. The Morgan fingerprint density at radius 2 is 1.95 bits per heavy atom. The van der Waals surface area contributed by atoms with Crippen molar-refractivity contribution >= 4 is 23.5 Å². The summed E-state index contributed by atoms with van der Waals surface area (Å²) >= 11 is 3.86. The van der Waals surface area contributed by atoms with Crippen LogP contribution in [0.5, 0.6) is 0 Å². The molecular weight excluding hydrogens is 300 g/mol. The third-order valence-electron chi connectivity index (χ3n) is 3.68. The Kier molecular flexibility index (Phi) is 4.40. The van der Waals surface area contributed by atoms with Crippen molar-refractivity contribution in [1.82, 2.24) is 9.97 Å². The largest absolute Gasteiger partial charge is 0.310 e. The van der Waals surface area contributed by atoms with E-state index in [2.05, 4.69) is 18.8 Å². The van der Waals surface area contributed by atoms with Crippen LogP contribution in [0.4, 0.5) is 0 Å². The van der Waals surface area contributed by atoms with Gasteiger partial charge in [-0.05, 0) is 0 Å². The molecule has 1 aliphatic heterocycles. The number of aromatic amines is 1. The van der Waals surface area contributed by atoms with Crippen LogP contribution in [0.3, 0.4) is 0 Å². The summed E-state index contributed by atoms with van der Waals surface area (Å²) in [7, 11) is 0. The van der Waals surface area contributed by atoms with Crippen LogP contribution in [0.25, 0.3) is 11.3 Å². The third-order valence-corrected chi connectivity index (χ3v) is 7.08. The van der Waals surface area contributed by atoms with Crippen molar-refractivity contribution in [1.29, 1.82) is 0 Å². The van der Waals surface area contributed by atoms with Gasteiger partial charge in [0.15, 0.2) is 0 Å². The van der Waals surface area contributed by atoms with Crippen LogP contribution in [-0.2, 0) is 0 Å². The van der Waals surface area contributed by atoms with Crippen LogP contribution < -0.4 is 5.56 Å². The maximum absolute atomic E-state index is 12.0. The molecule has 3 atom stereocenters. The molecule has 21 heavy (non-hydrogen) atoms. The minimum absolute atomic E-state index is 0.0734. The lowest BCUT2D eigenvalue weighted by Gasteiger charge is -2.30. The highest BCUT2D eigenvalue weighted by atomic mass is 32.2. The lowest BCUT2D eigenvalue weighted by atomic mass is 10.1. The molecule has 0 radical (unpaired) electrons. The molecule has 5 heteroatoms. The molecule has 2 aromatic rings. The molecule has 0 spiro atoms. The number of hydrogen-bond donors (Lipinski definition) is 1. The van der Waals surface area contributed by atoms with Crippen molar-refractivity contribution < 1.29 is 0 Å². The maximum atomic E-state index is 12.0. The topological polar surface area (TPSA) is 45.8 Å². The zero-order valence-corrected chi connectivity index (χ0v) is 13.7. The highest BCUT2D eigenvalue weighted by Gasteiger charge is 2.28. The van der Waals surface area contributed by atoms with Crippen LogP contribution in [0.2, 0.25) is 0 Å². The molecule has 0 aliphatic carbocycles. The van der Waals surface area contributed by atoms with E-state index >= 15 is 0 Å². The van der Waals surface area contributed by atoms with Gasteiger partial charge in [-0.15, -0.1) is 11.8 Å². The first-order valence-corrected chi connectivity index (χ1v) is 9.06. The van der Waals surface area contributed by atoms with Gasteiger partial charge in [0.2, 0.25) is 0 Å². The van der Waals surface area contributed by atoms with Gasteiger partial charge < -0.3 is 4.98 Å². The number of nitrogens with one attached hydrogen (secondary N) is 1. The van der Waals surface area contributed by atoms with E-state index in [9.17, 15) is 4.79 Å². The minimum Gasteiger partial charge on any atom is -0.310 e. The van der Waals surface area contributed by atoms with Crippen LogP contribution >= 0.6 is 23.5 Å². The Bertz CT molecular complexity index is 671. The number of aromatic nitrogens is 2. The number of rotatable bonds is 2. The molecular formula is C16H18N2OS2. The second-order valence-electron chi connectivity index (χ2n) is 5.25. The number of nitrogens with zero attached hydrogens (tertiary/aromatic N) is 1. The van der Waals surface area contributed by atoms with Crippen LogP contribution in [0.15, 0.2) is 41.2 Å². The Hall–Kier alpha value is -1.20. The van der Waals surface area contributed by atoms with Crippen molar-refractivity contribution in [3.05, 3.63) is 52.6 Å². The molecule has 3 rings (SSSR count). The van der Waals surface area contributed by atoms with Gasteiger partial charge in [-0.3, -0.25) is 4.79 Å². The van der Waals surface area contributed by atoms with E-state index in [4.69, 9.17) is 4.98 Å². The molecule has 0 amide bonds. The number of H-pyrrole nitrogens is 1. The summed E-state index contributed by atoms with van der Waals surface area (Å²) in [6, 6.07) is 11.4. The molecule has 1 aliphatic rings. The van der Waals surface area contributed by atoms with Crippen molar-refractivity contribution in [3.63, 3.8) is 0 Å². The molecule has 3 unspecified atom stereocenters. The van der Waals surface area contributed by atoms with Crippen molar-refractivity contribution in [3.8, 4) is 11.3 Å². The molecule has 1 N–H and O–H groups in total. The summed E-state index contributed by atoms with van der Waals surface area (Å²) in [5, 5.41) is 1.48. The second kappa shape index (κ2) is 6.28. The van der Waals surface area contributed by atoms with Crippen molar-refractivity contribution in [2.24, 2.45) is 0 Å². The smallest absolute Gasteiger partial charge is 0.251 e. The first-order chi connectivity index (χ1) is 10.1. The van der Waals surface area contributed by atoms with E-state index in [1.54, 1.807) is 6.07 Å². The van der Waals surface area contributed by atoms with Crippen molar-refractivity contribution in [2.45, 2.75) is 29.6 Å². The van der Waals surface area contributed by atoms with E-state index in [1.807, 2.05) is 53.9 Å². The lowest BCUT2D eigenvalue weighted by Crippen LogP contribution is -2.24. The van der Waals surface area contributed by atoms with Crippen LogP contribution in [0.1, 0.15) is 24.9 Å². The van der Waals surface area contributed by atoms with E-state index < -0.39 is 0 Å². The van der Waals surface area contributed by atoms with Crippen molar-refractivity contribution in [2.75, 3.05) is 5.75 Å². The normalized spacial score (nSPS) is 25.7. The first-order valence-electron chi connectivity index (χ1n) is 7.07. The van der Waals surface area contributed by atoms with Gasteiger partial charge in [-0.25, -0.2) is 4.98 Å². The van der Waals surface area contributed by atoms with Gasteiger partial charge in [0.05, 0.1) is 10.9 Å². The Morgan fingerprint density at radius 1 is 1.19 bits per heavy atom. The Labute approximate surface area is 133 Å². The Balaban J connectivity index is 1.93. The van der Waals surface area contributed by atoms with Gasteiger partial charge in [-0.1, -0.05) is 44.2 Å². The predicted octanol–water partition coefficient (Wildman–Crippen LogP) is 3.74. The fourth-order valence-corrected chi connectivity index (χ4v) is 5.18. The van der Waals surface area contributed by atoms with Gasteiger partial charge in [0.25, 0.3) is 5.56 Å². The lowest BCUT2D eigenvalue weighted by molar-refractivity contribution is 0.854. The third kappa shape index (κ3) is 3.35. The summed E-state index contributed by atoms with van der Waals surface area (Å²) in [5.74, 6) is 1.80. The number of benzene rings is 1. The molecule has 1 aromatic heterocycles. The summed E-state index contributed by atoms with van der Waals surface area (Å²) in [5.41, 5.74) is 1.67. The molecule has 3 nitrogen and oxygen atoms in total. The average molecular weight is 318 g/mol. The summed E-state index contributed by atoms with van der Waals surface area (Å²) in [6.07, 6.45) is 0. The standard InChI is InChI=1S/C16H18N2OS2/c1-10-11(2)21-14(9-20-10)16-17-13(8-15(19)18-16)12-6-4-3-5-7-12/h3-8,10-11,14H,9H2,1-2H3,(H,17,18,19). The molecule has 1 fully saturated rings. The van der Waals surface area contributed by atoms with E-state index in [1.165, 1.54) is 0 Å². The van der Waals surface area contributed by atoms with Gasteiger partial charge >= 0.3 is 0 Å². The highest BCUT2D eigenvalue weighted by Crippen LogP contribution is 2.43. The molecule has 0 saturated carbocycles. The zero-order valence-electron chi connectivity index (χ0n) is 12.1. The highest BCUT2D eigenvalue weighted by molar-refractivity contribution is 8.07. The van der Waals surface area contributed by atoms with Gasteiger partial charge in [0, 0.05) is 27.9 Å². The van der Waals surface area contributed by atoms with Crippen LogP contribution in [0, 0.1) is 0 Å². The average Bonchev–Trinajstić information content (AvgIpc) is 2.50. The molecule has 1 aromatic carbocycles. The fraction of sp³-hybridized carbons (Fsp3) is 0.375. The first kappa shape index (κ1) is 14.7. The molecule has 1 saturated heterocycles. The number of thioether (sulfide) groups is 2. The van der Waals surface area contributed by atoms with Crippen LogP contribution in [-0.4, -0.2) is 26.2 Å². The summed E-state index contributed by atoms with van der Waals surface area (Å²) in [6.45, 7) is 4.50. The fourth-order valence-electron chi connectivity index (χ4n) is 2.31. The van der Waals surface area contributed by atoms with E-state index in [0.29, 0.717) is 10.5 Å². The summed E-state index contributed by atoms with van der Waals surface area (Å²) < 4.78 is 0. The zero-order chi connectivity index (χ0) is 14.8. The minimum atomic E-state index is -0.0734. The summed E-state index contributed by atoms with van der Waals surface area (Å²) in [4.78, 5) is 19.6. The van der Waals surface area contributed by atoms with E-state index in [0.717, 1.165) is 22.8 Å². The van der Waals surface area contributed by atoms with Gasteiger partial charge in [-0.2, -0.15) is 11.8 Å². The number of hydrogen-bond acceptors (Lipinski definition) is 4. The van der Waals surface area contributed by atoms with E-state index in [-0.39, 0.29) is 10.8 Å². The monoisotopic (exact) mass is 318 g/mol. The maximum Gasteiger partial charge on any atom is 0.251 e. The Morgan fingerprint density at radius 3 is 2.67 bits per heavy atom. The SMILES string of the molecule is CC1SCC(c2nc(-c3ccccc3)cc(=O)[nH]2)SC1C.